The van der Waals surface area contributed by atoms with Gasteiger partial charge in [0.15, 0.2) is 0 Å². The van der Waals surface area contributed by atoms with Gasteiger partial charge < -0.3 is 9.47 Å². The van der Waals surface area contributed by atoms with Crippen LogP contribution in [0.4, 0.5) is 17.6 Å². The first-order chi connectivity index (χ1) is 14.1. The largest absolute Gasteiger partial charge is 0.435 e. The fraction of sp³-hybridized carbons (Fsp3) is 0.167. The molecule has 2 aromatic carbocycles. The Morgan fingerprint density at radius 1 is 0.867 bits per heavy atom. The summed E-state index contributed by atoms with van der Waals surface area (Å²) in [5.74, 6) is -0.215. The van der Waals surface area contributed by atoms with Crippen molar-refractivity contribution >= 4 is 21.6 Å². The molecule has 160 valence electrons. The van der Waals surface area contributed by atoms with E-state index in [2.05, 4.69) is 14.6 Å². The molecule has 0 saturated carbocycles. The molecule has 0 aliphatic rings. The number of rotatable bonds is 7. The molecular weight excluding hydrogens is 452 g/mol. The van der Waals surface area contributed by atoms with Crippen LogP contribution in [0.3, 0.4) is 0 Å². The zero-order chi connectivity index (χ0) is 22.1. The van der Waals surface area contributed by atoms with Crippen molar-refractivity contribution in [1.29, 1.82) is 0 Å². The Labute approximate surface area is 173 Å². The van der Waals surface area contributed by atoms with Gasteiger partial charge in [-0.2, -0.15) is 26.7 Å². The molecule has 0 N–H and O–H groups in total. The second kappa shape index (κ2) is 8.52. The highest BCUT2D eigenvalue weighted by Gasteiger charge is 2.24. The summed E-state index contributed by atoms with van der Waals surface area (Å²) in [4.78, 5) is 0. The minimum absolute atomic E-state index is 0.00525. The Balaban J connectivity index is 2.07. The molecule has 3 rings (SSSR count). The van der Waals surface area contributed by atoms with Crippen molar-refractivity contribution in [2.75, 3.05) is 6.26 Å². The third-order valence-corrected chi connectivity index (χ3v) is 5.07. The van der Waals surface area contributed by atoms with E-state index in [0.717, 1.165) is 6.26 Å². The molecule has 0 spiro atoms. The minimum atomic E-state index is -3.90. The second-order valence-electron chi connectivity index (χ2n) is 5.92. The molecule has 3 aromatic rings. The van der Waals surface area contributed by atoms with Crippen LogP contribution in [0.1, 0.15) is 0 Å². The van der Waals surface area contributed by atoms with E-state index < -0.39 is 23.2 Å². The van der Waals surface area contributed by atoms with Crippen molar-refractivity contribution in [2.45, 2.75) is 13.2 Å². The third kappa shape index (κ3) is 4.85. The molecule has 0 fully saturated rings. The number of halogens is 5. The third-order valence-electron chi connectivity index (χ3n) is 3.82. The minimum Gasteiger partial charge on any atom is -0.435 e. The molecule has 0 aliphatic carbocycles. The van der Waals surface area contributed by atoms with Gasteiger partial charge in [-0.05, 0) is 48.5 Å². The summed E-state index contributed by atoms with van der Waals surface area (Å²) in [6.07, 6.45) is 0.914. The Morgan fingerprint density at radius 2 is 1.30 bits per heavy atom. The summed E-state index contributed by atoms with van der Waals surface area (Å²) in [5.41, 5.74) is 0.714. The van der Waals surface area contributed by atoms with Crippen molar-refractivity contribution in [3.8, 4) is 34.0 Å². The fourth-order valence-electron chi connectivity index (χ4n) is 2.63. The van der Waals surface area contributed by atoms with Gasteiger partial charge in [0.1, 0.15) is 22.9 Å². The van der Waals surface area contributed by atoms with Gasteiger partial charge in [-0.3, -0.25) is 0 Å². The smallest absolute Gasteiger partial charge is 0.387 e. The zero-order valence-corrected chi connectivity index (χ0v) is 16.7. The molecule has 0 atom stereocenters. The number of hydrogen-bond acceptors (Lipinski definition) is 5. The average Bonchev–Trinajstić information content (AvgIpc) is 3.00. The van der Waals surface area contributed by atoms with Crippen LogP contribution in [0.2, 0.25) is 5.02 Å². The summed E-state index contributed by atoms with van der Waals surface area (Å²) in [5, 5.41) is 4.01. The van der Waals surface area contributed by atoms with Crippen LogP contribution < -0.4 is 9.47 Å². The first-order valence-electron chi connectivity index (χ1n) is 8.16. The van der Waals surface area contributed by atoms with Crippen LogP contribution in [0, 0.1) is 0 Å². The monoisotopic (exact) mass is 464 g/mol. The van der Waals surface area contributed by atoms with Gasteiger partial charge in [0, 0.05) is 11.1 Å². The summed E-state index contributed by atoms with van der Waals surface area (Å²) in [6.45, 7) is -6.00. The van der Waals surface area contributed by atoms with Crippen LogP contribution in [0.15, 0.2) is 48.5 Å². The quantitative estimate of drug-likeness (QED) is 0.466. The molecule has 6 nitrogen and oxygen atoms in total. The highest BCUT2D eigenvalue weighted by atomic mass is 35.5. The van der Waals surface area contributed by atoms with E-state index in [4.69, 9.17) is 11.6 Å². The predicted octanol–water partition coefficient (Wildman–Crippen LogP) is 4.88. The van der Waals surface area contributed by atoms with Gasteiger partial charge in [0.2, 0.25) is 0 Å². The van der Waals surface area contributed by atoms with E-state index in [1.165, 1.54) is 48.5 Å². The summed E-state index contributed by atoms with van der Waals surface area (Å²) in [7, 11) is -3.90. The van der Waals surface area contributed by atoms with Crippen LogP contribution in [-0.4, -0.2) is 37.1 Å². The maximum Gasteiger partial charge on any atom is 0.387 e. The Hall–Kier alpha value is -2.79. The highest BCUT2D eigenvalue weighted by Crippen LogP contribution is 2.38. The van der Waals surface area contributed by atoms with Crippen molar-refractivity contribution in [3.63, 3.8) is 0 Å². The number of nitrogens with zero attached hydrogens (tertiary/aromatic N) is 2. The van der Waals surface area contributed by atoms with Crippen LogP contribution >= 0.6 is 11.6 Å². The fourth-order valence-corrected chi connectivity index (χ4v) is 3.78. The van der Waals surface area contributed by atoms with E-state index in [1.54, 1.807) is 0 Å². The Kier molecular flexibility index (Phi) is 6.22. The summed E-state index contributed by atoms with van der Waals surface area (Å²) < 4.78 is 83.0. The van der Waals surface area contributed by atoms with Gasteiger partial charge >= 0.3 is 13.2 Å². The number of benzene rings is 2. The summed E-state index contributed by atoms with van der Waals surface area (Å²) in [6, 6.07) is 10.5. The van der Waals surface area contributed by atoms with E-state index in [1.807, 2.05) is 0 Å². The van der Waals surface area contributed by atoms with Crippen LogP contribution in [-0.2, 0) is 10.0 Å². The molecule has 1 aromatic heterocycles. The summed E-state index contributed by atoms with van der Waals surface area (Å²) >= 11 is 6.40. The second-order valence-corrected chi connectivity index (χ2v) is 8.11. The number of alkyl halides is 4. The lowest BCUT2D eigenvalue weighted by Gasteiger charge is -2.08. The highest BCUT2D eigenvalue weighted by molar-refractivity contribution is 7.89. The maximum absolute atomic E-state index is 12.3. The Bertz CT molecular complexity index is 1130. The van der Waals surface area contributed by atoms with Gasteiger partial charge in [-0.25, -0.2) is 8.42 Å². The SMILES string of the molecule is CS(=O)(=O)n1nc(-c2ccc(OC(F)F)cc2)c(Cl)c1-c1ccc(OC(F)F)cc1. The number of hydrogen-bond donors (Lipinski definition) is 0. The lowest BCUT2D eigenvalue weighted by Crippen LogP contribution is -2.13. The van der Waals surface area contributed by atoms with Crippen LogP contribution in [0.25, 0.3) is 22.5 Å². The molecule has 0 bridgehead atoms. The molecule has 0 saturated heterocycles. The van der Waals surface area contributed by atoms with Gasteiger partial charge in [-0.15, -0.1) is 0 Å². The van der Waals surface area contributed by atoms with E-state index >= 15 is 0 Å². The van der Waals surface area contributed by atoms with Crippen molar-refractivity contribution < 1.29 is 35.5 Å². The molecule has 0 aliphatic heterocycles. The normalized spacial score (nSPS) is 11.9. The molecule has 0 unspecified atom stereocenters. The van der Waals surface area contributed by atoms with E-state index in [9.17, 15) is 26.0 Å². The van der Waals surface area contributed by atoms with Crippen molar-refractivity contribution in [1.82, 2.24) is 9.19 Å². The predicted molar refractivity (Wildman–Crippen MR) is 102 cm³/mol. The molecule has 1 heterocycles. The van der Waals surface area contributed by atoms with E-state index in [0.29, 0.717) is 9.65 Å². The Morgan fingerprint density at radius 3 is 1.70 bits per heavy atom. The van der Waals surface area contributed by atoms with Gasteiger partial charge in [-0.1, -0.05) is 11.6 Å². The topological polar surface area (TPSA) is 70.4 Å². The van der Waals surface area contributed by atoms with Crippen molar-refractivity contribution in [3.05, 3.63) is 53.6 Å². The molecule has 0 radical (unpaired) electrons. The van der Waals surface area contributed by atoms with Gasteiger partial charge in [0.05, 0.1) is 11.3 Å². The first kappa shape index (κ1) is 21.9. The molecule has 12 heteroatoms. The van der Waals surface area contributed by atoms with Crippen molar-refractivity contribution in [2.24, 2.45) is 0 Å². The van der Waals surface area contributed by atoms with E-state index in [-0.39, 0.29) is 33.5 Å². The lowest BCUT2D eigenvalue weighted by atomic mass is 10.1. The molecular formula is C18H13ClF4N2O4S. The average molecular weight is 465 g/mol. The van der Waals surface area contributed by atoms with Crippen LogP contribution in [0.5, 0.6) is 11.5 Å². The molecule has 0 amide bonds. The molecule has 30 heavy (non-hydrogen) atoms. The zero-order valence-electron chi connectivity index (χ0n) is 15.1. The van der Waals surface area contributed by atoms with Gasteiger partial charge in [0.25, 0.3) is 10.0 Å². The lowest BCUT2D eigenvalue weighted by molar-refractivity contribution is -0.0505. The maximum atomic E-state index is 12.3. The number of aromatic nitrogens is 2. The first-order valence-corrected chi connectivity index (χ1v) is 10.4. The number of ether oxygens (including phenoxy) is 2. The standard InChI is InChI=1S/C18H13ClF4N2O4S/c1-30(26,27)25-16(11-4-8-13(9-5-11)29-18(22)23)14(19)15(24-25)10-2-6-12(7-3-10)28-17(20)21/h2-9,17-18H,1H3.